The molecule has 0 bridgehead atoms. The lowest BCUT2D eigenvalue weighted by Crippen LogP contribution is -2.27. The highest BCUT2D eigenvalue weighted by molar-refractivity contribution is 8.27. The first kappa shape index (κ1) is 15.8. The molecular formula is C18H15NO2S2. The molecule has 1 fully saturated rings. The van der Waals surface area contributed by atoms with Crippen LogP contribution in [0.4, 0.5) is 5.69 Å². The van der Waals surface area contributed by atoms with Gasteiger partial charge in [-0.05, 0) is 60.9 Å². The van der Waals surface area contributed by atoms with E-state index in [0.717, 1.165) is 16.8 Å². The second-order valence-electron chi connectivity index (χ2n) is 5.38. The predicted octanol–water partition coefficient (Wildman–Crippen LogP) is 4.41. The topological polar surface area (TPSA) is 40.5 Å². The Bertz CT molecular complexity index is 825. The number of hydrogen-bond donors (Lipinski definition) is 1. The summed E-state index contributed by atoms with van der Waals surface area (Å²) in [4.78, 5) is 14.8. The Morgan fingerprint density at radius 3 is 2.43 bits per heavy atom. The highest BCUT2D eigenvalue weighted by Gasteiger charge is 2.33. The van der Waals surface area contributed by atoms with E-state index >= 15 is 0 Å². The number of carbonyl (C=O) groups excluding carboxylic acids is 1. The third kappa shape index (κ3) is 3.16. The predicted molar refractivity (Wildman–Crippen MR) is 99.7 cm³/mol. The summed E-state index contributed by atoms with van der Waals surface area (Å²) in [5, 5.41) is 9.33. The molecule has 5 heteroatoms. The van der Waals surface area contributed by atoms with E-state index in [2.05, 4.69) is 0 Å². The number of hydrogen-bond acceptors (Lipinski definition) is 4. The maximum atomic E-state index is 12.7. The molecule has 116 valence electrons. The van der Waals surface area contributed by atoms with Crippen LogP contribution in [0.5, 0.6) is 5.75 Å². The number of amides is 1. The van der Waals surface area contributed by atoms with Gasteiger partial charge in [0.2, 0.25) is 0 Å². The average Bonchev–Trinajstić information content (AvgIpc) is 2.79. The van der Waals surface area contributed by atoms with Crippen molar-refractivity contribution in [2.24, 2.45) is 0 Å². The molecule has 3 nitrogen and oxygen atoms in total. The Labute approximate surface area is 144 Å². The number of nitrogens with zero attached hydrogens (tertiary/aromatic N) is 1. The lowest BCUT2D eigenvalue weighted by atomic mass is 10.1. The van der Waals surface area contributed by atoms with Crippen molar-refractivity contribution in [1.82, 2.24) is 0 Å². The largest absolute Gasteiger partial charge is 0.508 e. The summed E-state index contributed by atoms with van der Waals surface area (Å²) in [5.74, 6) is 0.0844. The molecule has 0 aromatic heterocycles. The zero-order chi connectivity index (χ0) is 16.6. The smallest absolute Gasteiger partial charge is 0.270 e. The molecule has 3 rings (SSSR count). The number of rotatable bonds is 2. The zero-order valence-corrected chi connectivity index (χ0v) is 14.4. The Kier molecular flexibility index (Phi) is 4.24. The lowest BCUT2D eigenvalue weighted by molar-refractivity contribution is -0.113. The number of thiocarbonyl (C=S) groups is 1. The molecule has 2 aromatic rings. The summed E-state index contributed by atoms with van der Waals surface area (Å²) >= 11 is 6.67. The molecular weight excluding hydrogens is 326 g/mol. The van der Waals surface area contributed by atoms with Crippen LogP contribution in [0.15, 0.2) is 47.4 Å². The molecule has 0 radical (unpaired) electrons. The maximum Gasteiger partial charge on any atom is 0.270 e. The van der Waals surface area contributed by atoms with Gasteiger partial charge >= 0.3 is 0 Å². The molecule has 0 spiro atoms. The van der Waals surface area contributed by atoms with Gasteiger partial charge in [-0.1, -0.05) is 42.2 Å². The standard InChI is InChI=1S/C18H15NO2S2/c1-11-3-6-14(9-12(11)2)19-17(21)16(23-18(19)22)10-13-4-7-15(20)8-5-13/h3-10,20H,1-2H3/b16-10-. The molecule has 0 atom stereocenters. The third-order valence-corrected chi connectivity index (χ3v) is 5.04. The SMILES string of the molecule is Cc1ccc(N2C(=O)/C(=C/c3ccc(O)cc3)SC2=S)cc1C. The van der Waals surface area contributed by atoms with E-state index in [1.54, 1.807) is 35.2 Å². The number of thioether (sulfide) groups is 1. The Balaban J connectivity index is 1.93. The molecule has 0 unspecified atom stereocenters. The quantitative estimate of drug-likeness (QED) is 0.649. The molecule has 1 N–H and O–H groups in total. The first-order valence-corrected chi connectivity index (χ1v) is 8.32. The normalized spacial score (nSPS) is 16.4. The van der Waals surface area contributed by atoms with E-state index in [0.29, 0.717) is 9.23 Å². The van der Waals surface area contributed by atoms with Crippen LogP contribution in [-0.4, -0.2) is 15.3 Å². The van der Waals surface area contributed by atoms with E-state index in [1.165, 1.54) is 17.3 Å². The van der Waals surface area contributed by atoms with Crippen LogP contribution in [0, 0.1) is 13.8 Å². The molecule has 1 heterocycles. The van der Waals surface area contributed by atoms with Gasteiger partial charge in [0.15, 0.2) is 4.32 Å². The number of anilines is 1. The molecule has 0 saturated carbocycles. The molecule has 1 aliphatic rings. The fourth-order valence-electron chi connectivity index (χ4n) is 2.28. The van der Waals surface area contributed by atoms with Gasteiger partial charge in [-0.25, -0.2) is 0 Å². The van der Waals surface area contributed by atoms with Crippen LogP contribution in [-0.2, 0) is 4.79 Å². The van der Waals surface area contributed by atoms with Crippen molar-refractivity contribution in [1.29, 1.82) is 0 Å². The van der Waals surface area contributed by atoms with E-state index in [1.807, 2.05) is 32.0 Å². The van der Waals surface area contributed by atoms with Crippen molar-refractivity contribution in [3.8, 4) is 5.75 Å². The number of benzene rings is 2. The summed E-state index contributed by atoms with van der Waals surface area (Å²) < 4.78 is 0.531. The summed E-state index contributed by atoms with van der Waals surface area (Å²) in [6.45, 7) is 4.05. The molecule has 1 saturated heterocycles. The highest BCUT2D eigenvalue weighted by atomic mass is 32.2. The monoisotopic (exact) mass is 341 g/mol. The minimum absolute atomic E-state index is 0.115. The lowest BCUT2D eigenvalue weighted by Gasteiger charge is -2.15. The van der Waals surface area contributed by atoms with Crippen molar-refractivity contribution in [3.63, 3.8) is 0 Å². The summed E-state index contributed by atoms with van der Waals surface area (Å²) in [5.41, 5.74) is 3.95. The van der Waals surface area contributed by atoms with Crippen molar-refractivity contribution in [2.75, 3.05) is 4.90 Å². The minimum atomic E-state index is -0.115. The molecule has 2 aromatic carbocycles. The van der Waals surface area contributed by atoms with Gasteiger partial charge in [-0.15, -0.1) is 0 Å². The highest BCUT2D eigenvalue weighted by Crippen LogP contribution is 2.36. The fraction of sp³-hybridized carbons (Fsp3) is 0.111. The first-order chi connectivity index (χ1) is 11.0. The van der Waals surface area contributed by atoms with Crippen LogP contribution in [0.1, 0.15) is 16.7 Å². The van der Waals surface area contributed by atoms with E-state index in [9.17, 15) is 9.90 Å². The van der Waals surface area contributed by atoms with Crippen molar-refractivity contribution in [2.45, 2.75) is 13.8 Å². The molecule has 1 amide bonds. The Morgan fingerprint density at radius 1 is 1.09 bits per heavy atom. The van der Waals surface area contributed by atoms with Crippen molar-refractivity contribution in [3.05, 3.63) is 64.1 Å². The second-order valence-corrected chi connectivity index (χ2v) is 7.05. The van der Waals surface area contributed by atoms with E-state index < -0.39 is 0 Å². The minimum Gasteiger partial charge on any atom is -0.508 e. The van der Waals surface area contributed by atoms with E-state index in [-0.39, 0.29) is 11.7 Å². The Morgan fingerprint density at radius 2 is 1.78 bits per heavy atom. The van der Waals surface area contributed by atoms with Gasteiger partial charge in [0.1, 0.15) is 5.75 Å². The first-order valence-electron chi connectivity index (χ1n) is 7.10. The van der Waals surface area contributed by atoms with Gasteiger partial charge in [0.05, 0.1) is 10.6 Å². The van der Waals surface area contributed by atoms with Gasteiger partial charge in [0, 0.05) is 0 Å². The van der Waals surface area contributed by atoms with Crippen LogP contribution in [0.2, 0.25) is 0 Å². The molecule has 0 aliphatic carbocycles. The third-order valence-electron chi connectivity index (χ3n) is 3.73. The molecule has 23 heavy (non-hydrogen) atoms. The number of phenols is 1. The van der Waals surface area contributed by atoms with E-state index in [4.69, 9.17) is 12.2 Å². The maximum absolute atomic E-state index is 12.7. The van der Waals surface area contributed by atoms with Crippen LogP contribution in [0.3, 0.4) is 0 Å². The summed E-state index contributed by atoms with van der Waals surface area (Å²) in [7, 11) is 0. The van der Waals surface area contributed by atoms with Crippen LogP contribution in [0.25, 0.3) is 6.08 Å². The number of aryl methyl sites for hydroxylation is 2. The molecule has 1 aliphatic heterocycles. The Hall–Kier alpha value is -2.11. The average molecular weight is 341 g/mol. The van der Waals surface area contributed by atoms with Crippen molar-refractivity contribution >= 4 is 46.0 Å². The summed E-state index contributed by atoms with van der Waals surface area (Å²) in [6.07, 6.45) is 1.79. The number of aromatic hydroxyl groups is 1. The van der Waals surface area contributed by atoms with Gasteiger partial charge < -0.3 is 5.11 Å². The number of phenolic OH excluding ortho intramolecular Hbond substituents is 1. The van der Waals surface area contributed by atoms with Gasteiger partial charge in [-0.2, -0.15) is 0 Å². The van der Waals surface area contributed by atoms with Crippen molar-refractivity contribution < 1.29 is 9.90 Å². The second kappa shape index (κ2) is 6.18. The van der Waals surface area contributed by atoms with Gasteiger partial charge in [0.25, 0.3) is 5.91 Å². The number of carbonyl (C=O) groups is 1. The zero-order valence-electron chi connectivity index (χ0n) is 12.7. The van der Waals surface area contributed by atoms with Crippen LogP contribution < -0.4 is 4.90 Å². The van der Waals surface area contributed by atoms with Gasteiger partial charge in [-0.3, -0.25) is 9.69 Å². The van der Waals surface area contributed by atoms with Crippen LogP contribution >= 0.6 is 24.0 Å². The fourth-order valence-corrected chi connectivity index (χ4v) is 3.58. The summed E-state index contributed by atoms with van der Waals surface area (Å²) in [6, 6.07) is 12.6.